The Morgan fingerprint density at radius 1 is 1.27 bits per heavy atom. The lowest BCUT2D eigenvalue weighted by atomic mass is 10.1. The first-order valence-electron chi connectivity index (χ1n) is 8.83. The van der Waals surface area contributed by atoms with Crippen molar-refractivity contribution in [3.8, 4) is 0 Å². The van der Waals surface area contributed by atoms with Gasteiger partial charge in [-0.15, -0.1) is 12.4 Å². The molecule has 3 rings (SSSR count). The van der Waals surface area contributed by atoms with Gasteiger partial charge in [-0.1, -0.05) is 11.6 Å². The summed E-state index contributed by atoms with van der Waals surface area (Å²) in [5.74, 6) is 1.90. The molecular weight excluding hydrogens is 393 g/mol. The van der Waals surface area contributed by atoms with Crippen LogP contribution in [0.3, 0.4) is 0 Å². The summed E-state index contributed by atoms with van der Waals surface area (Å²) in [6.07, 6.45) is 3.63. The molecule has 5 nitrogen and oxygen atoms in total. The number of carbonyl (C=O) groups is 2. The molecule has 144 valence electrons. The Bertz CT molecular complexity index is 633. The molecule has 2 aliphatic heterocycles. The summed E-state index contributed by atoms with van der Waals surface area (Å²) in [5.41, 5.74) is 1.03. The number of piperidine rings is 1. The molecule has 2 fully saturated rings. The van der Waals surface area contributed by atoms with Gasteiger partial charge in [0, 0.05) is 48.6 Å². The van der Waals surface area contributed by atoms with E-state index in [0.29, 0.717) is 22.7 Å². The van der Waals surface area contributed by atoms with Gasteiger partial charge in [0.2, 0.25) is 5.91 Å². The van der Waals surface area contributed by atoms with Crippen molar-refractivity contribution < 1.29 is 9.59 Å². The smallest absolute Gasteiger partial charge is 0.255 e. The average molecular weight is 418 g/mol. The van der Waals surface area contributed by atoms with Gasteiger partial charge in [-0.2, -0.15) is 11.8 Å². The number of hydrogen-bond donors (Lipinski definition) is 2. The number of thioether (sulfide) groups is 1. The van der Waals surface area contributed by atoms with E-state index in [1.807, 2.05) is 16.7 Å². The van der Waals surface area contributed by atoms with E-state index < -0.39 is 0 Å². The lowest BCUT2D eigenvalue weighted by molar-refractivity contribution is -0.116. The SMILES string of the molecule is Cl.O=C(CC1CSCCN1)Nc1cc(Cl)ccc1C(=O)N1CCCCC1. The van der Waals surface area contributed by atoms with Gasteiger partial charge in [0.25, 0.3) is 5.91 Å². The minimum atomic E-state index is -0.0880. The van der Waals surface area contributed by atoms with Crippen LogP contribution in [-0.4, -0.2) is 53.9 Å². The molecule has 2 N–H and O–H groups in total. The molecule has 0 radical (unpaired) electrons. The van der Waals surface area contributed by atoms with Gasteiger partial charge in [-0.05, 0) is 37.5 Å². The Hall–Kier alpha value is -0.950. The van der Waals surface area contributed by atoms with Crippen LogP contribution >= 0.6 is 35.8 Å². The number of halogens is 2. The van der Waals surface area contributed by atoms with E-state index in [-0.39, 0.29) is 30.3 Å². The van der Waals surface area contributed by atoms with Gasteiger partial charge in [-0.3, -0.25) is 9.59 Å². The Balaban J connectivity index is 0.00000243. The fourth-order valence-electron chi connectivity index (χ4n) is 3.25. The number of hydrogen-bond acceptors (Lipinski definition) is 4. The number of anilines is 1. The van der Waals surface area contributed by atoms with Crippen LogP contribution in [0.2, 0.25) is 5.02 Å². The van der Waals surface area contributed by atoms with Crippen LogP contribution in [0.1, 0.15) is 36.0 Å². The molecule has 0 spiro atoms. The molecule has 0 saturated carbocycles. The zero-order valence-corrected chi connectivity index (χ0v) is 17.0. The van der Waals surface area contributed by atoms with E-state index >= 15 is 0 Å². The summed E-state index contributed by atoms with van der Waals surface area (Å²) in [5, 5.41) is 6.76. The molecule has 1 aromatic rings. The van der Waals surface area contributed by atoms with Gasteiger partial charge in [0.1, 0.15) is 0 Å². The van der Waals surface area contributed by atoms with E-state index in [9.17, 15) is 9.59 Å². The highest BCUT2D eigenvalue weighted by Gasteiger charge is 2.23. The van der Waals surface area contributed by atoms with E-state index in [0.717, 1.165) is 44.0 Å². The summed E-state index contributed by atoms with van der Waals surface area (Å²) in [6, 6.07) is 5.26. The molecule has 26 heavy (non-hydrogen) atoms. The number of nitrogens with one attached hydrogen (secondary N) is 2. The van der Waals surface area contributed by atoms with Crippen LogP contribution in [0.4, 0.5) is 5.69 Å². The van der Waals surface area contributed by atoms with Crippen molar-refractivity contribution in [1.82, 2.24) is 10.2 Å². The third-order valence-electron chi connectivity index (χ3n) is 4.56. The molecule has 0 bridgehead atoms. The van der Waals surface area contributed by atoms with E-state index in [4.69, 9.17) is 11.6 Å². The maximum absolute atomic E-state index is 12.8. The first kappa shape index (κ1) is 21.4. The molecule has 1 unspecified atom stereocenters. The summed E-state index contributed by atoms with van der Waals surface area (Å²) in [6.45, 7) is 2.48. The predicted molar refractivity (Wildman–Crippen MR) is 111 cm³/mol. The number of carbonyl (C=O) groups excluding carboxylic acids is 2. The fourth-order valence-corrected chi connectivity index (χ4v) is 4.37. The lowest BCUT2D eigenvalue weighted by Gasteiger charge is -2.27. The highest BCUT2D eigenvalue weighted by molar-refractivity contribution is 7.99. The van der Waals surface area contributed by atoms with Crippen molar-refractivity contribution in [2.24, 2.45) is 0 Å². The first-order valence-corrected chi connectivity index (χ1v) is 10.4. The molecule has 8 heteroatoms. The summed E-state index contributed by atoms with van der Waals surface area (Å²) < 4.78 is 0. The van der Waals surface area contributed by atoms with Crippen LogP contribution in [0.15, 0.2) is 18.2 Å². The van der Waals surface area contributed by atoms with Crippen LogP contribution in [0, 0.1) is 0 Å². The molecular formula is C18H25Cl2N3O2S. The quantitative estimate of drug-likeness (QED) is 0.787. The van der Waals surface area contributed by atoms with Crippen LogP contribution < -0.4 is 10.6 Å². The second-order valence-electron chi connectivity index (χ2n) is 6.52. The van der Waals surface area contributed by atoms with Crippen molar-refractivity contribution in [2.45, 2.75) is 31.7 Å². The standard InChI is InChI=1S/C18H24ClN3O2S.ClH/c19-13-4-5-15(18(24)22-7-2-1-3-8-22)16(10-13)21-17(23)11-14-12-25-9-6-20-14;/h4-5,10,14,20H,1-3,6-9,11-12H2,(H,21,23);1H. The van der Waals surface area contributed by atoms with Crippen LogP contribution in [-0.2, 0) is 4.79 Å². The Labute approximate surface area is 170 Å². The molecule has 0 aliphatic carbocycles. The molecule has 2 saturated heterocycles. The van der Waals surface area contributed by atoms with Crippen molar-refractivity contribution in [3.05, 3.63) is 28.8 Å². The second kappa shape index (κ2) is 10.4. The monoisotopic (exact) mass is 417 g/mol. The molecule has 0 aromatic heterocycles. The molecule has 1 aromatic carbocycles. The average Bonchev–Trinajstić information content (AvgIpc) is 2.63. The predicted octanol–water partition coefficient (Wildman–Crippen LogP) is 3.42. The largest absolute Gasteiger partial charge is 0.339 e. The highest BCUT2D eigenvalue weighted by Crippen LogP contribution is 2.24. The lowest BCUT2D eigenvalue weighted by Crippen LogP contribution is -2.40. The molecule has 1 atom stereocenters. The maximum atomic E-state index is 12.8. The first-order chi connectivity index (χ1) is 12.1. The van der Waals surface area contributed by atoms with Gasteiger partial charge >= 0.3 is 0 Å². The van der Waals surface area contributed by atoms with Crippen molar-refractivity contribution in [2.75, 3.05) is 36.5 Å². The van der Waals surface area contributed by atoms with Crippen LogP contribution in [0.25, 0.3) is 0 Å². The van der Waals surface area contributed by atoms with Crippen molar-refractivity contribution >= 4 is 53.3 Å². The van der Waals surface area contributed by atoms with Gasteiger partial charge in [0.15, 0.2) is 0 Å². The van der Waals surface area contributed by atoms with Gasteiger partial charge in [-0.25, -0.2) is 0 Å². The molecule has 2 amide bonds. The van der Waals surface area contributed by atoms with Gasteiger partial charge in [0.05, 0.1) is 11.3 Å². The number of benzene rings is 1. The molecule has 2 aliphatic rings. The zero-order valence-electron chi connectivity index (χ0n) is 14.6. The third kappa shape index (κ3) is 5.78. The Morgan fingerprint density at radius 2 is 2.04 bits per heavy atom. The second-order valence-corrected chi connectivity index (χ2v) is 8.11. The summed E-state index contributed by atoms with van der Waals surface area (Å²) >= 11 is 7.95. The third-order valence-corrected chi connectivity index (χ3v) is 5.93. The van der Waals surface area contributed by atoms with E-state index in [1.165, 1.54) is 6.42 Å². The maximum Gasteiger partial charge on any atom is 0.255 e. The summed E-state index contributed by atoms with van der Waals surface area (Å²) in [7, 11) is 0. The fraction of sp³-hybridized carbons (Fsp3) is 0.556. The molecule has 2 heterocycles. The number of rotatable bonds is 4. The normalized spacial score (nSPS) is 20.2. The van der Waals surface area contributed by atoms with E-state index in [1.54, 1.807) is 18.2 Å². The highest BCUT2D eigenvalue weighted by atomic mass is 35.5. The topological polar surface area (TPSA) is 61.4 Å². The Morgan fingerprint density at radius 3 is 2.73 bits per heavy atom. The minimum Gasteiger partial charge on any atom is -0.339 e. The zero-order chi connectivity index (χ0) is 17.6. The Kier molecular flexibility index (Phi) is 8.54. The van der Waals surface area contributed by atoms with Crippen molar-refractivity contribution in [3.63, 3.8) is 0 Å². The van der Waals surface area contributed by atoms with Crippen molar-refractivity contribution in [1.29, 1.82) is 0 Å². The van der Waals surface area contributed by atoms with E-state index in [2.05, 4.69) is 10.6 Å². The summed E-state index contributed by atoms with van der Waals surface area (Å²) in [4.78, 5) is 27.1. The van der Waals surface area contributed by atoms with Crippen LogP contribution in [0.5, 0.6) is 0 Å². The minimum absolute atomic E-state index is 0. The van der Waals surface area contributed by atoms with Gasteiger partial charge < -0.3 is 15.5 Å². The number of nitrogens with zero attached hydrogens (tertiary/aromatic N) is 1. The number of likely N-dealkylation sites (tertiary alicyclic amines) is 1. The number of amides is 2.